The number of hydrogen-bond acceptors (Lipinski definition) is 3. The Hall–Kier alpha value is -3.47. The Balaban J connectivity index is 1.54. The molecule has 5 rings (SSSR count). The summed E-state index contributed by atoms with van der Waals surface area (Å²) in [5, 5.41) is 4.97. The summed E-state index contributed by atoms with van der Waals surface area (Å²) in [6, 6.07) is 22.2. The second-order valence-corrected chi connectivity index (χ2v) is 10.4. The van der Waals surface area contributed by atoms with Gasteiger partial charge in [0.1, 0.15) is 6.04 Å². The lowest BCUT2D eigenvalue weighted by Gasteiger charge is -2.49. The van der Waals surface area contributed by atoms with Crippen LogP contribution in [0, 0.1) is 16.7 Å². The van der Waals surface area contributed by atoms with E-state index >= 15 is 0 Å². The molecule has 1 aliphatic heterocycles. The molecule has 1 aliphatic carbocycles. The van der Waals surface area contributed by atoms with Gasteiger partial charge in [-0.1, -0.05) is 87.5 Å². The van der Waals surface area contributed by atoms with Crippen LogP contribution in [0.4, 0.5) is 5.69 Å². The quantitative estimate of drug-likeness (QED) is 0.539. The molecule has 5 nitrogen and oxygen atoms in total. The van der Waals surface area contributed by atoms with E-state index in [9.17, 15) is 14.4 Å². The number of hydrogen-bond donors (Lipinski definition) is 1. The highest BCUT2D eigenvalue weighted by atomic mass is 16.2. The smallest absolute Gasteiger partial charge is 0.248 e. The van der Waals surface area contributed by atoms with Crippen molar-refractivity contribution in [2.45, 2.75) is 46.1 Å². The summed E-state index contributed by atoms with van der Waals surface area (Å²) in [7, 11) is 0. The van der Waals surface area contributed by atoms with E-state index in [1.807, 2.05) is 93.6 Å². The zero-order chi connectivity index (χ0) is 24.1. The fourth-order valence-electron chi connectivity index (χ4n) is 5.83. The molecular formula is C29H30N2O3. The number of fused-ring (bicyclic) bond motifs is 3. The molecule has 0 radical (unpaired) electrons. The molecule has 174 valence electrons. The highest BCUT2D eigenvalue weighted by molar-refractivity contribution is 6.10. The monoisotopic (exact) mass is 454 g/mol. The molecule has 3 aromatic rings. The highest BCUT2D eigenvalue weighted by Crippen LogP contribution is 2.60. The summed E-state index contributed by atoms with van der Waals surface area (Å²) < 4.78 is 0. The van der Waals surface area contributed by atoms with Crippen molar-refractivity contribution >= 4 is 34.2 Å². The van der Waals surface area contributed by atoms with Gasteiger partial charge >= 0.3 is 0 Å². The molecule has 3 aromatic carbocycles. The molecule has 0 aromatic heterocycles. The Labute approximate surface area is 200 Å². The van der Waals surface area contributed by atoms with E-state index in [-0.39, 0.29) is 30.1 Å². The third-order valence-corrected chi connectivity index (χ3v) is 8.39. The summed E-state index contributed by atoms with van der Waals surface area (Å²) in [4.78, 5) is 42.6. The SMILES string of the molecule is CC12CCC(C(=O)N(C(Cc3ccccc3)C(=O)Nc3cccc4ccccc34)C1=O)C2(C)C. The number of amides is 3. The molecular weight excluding hydrogens is 424 g/mol. The van der Waals surface area contributed by atoms with Gasteiger partial charge in [-0.25, -0.2) is 0 Å². The van der Waals surface area contributed by atoms with Gasteiger partial charge < -0.3 is 5.32 Å². The Morgan fingerprint density at radius 3 is 2.41 bits per heavy atom. The molecule has 3 amide bonds. The van der Waals surface area contributed by atoms with Crippen LogP contribution in [0.5, 0.6) is 0 Å². The minimum absolute atomic E-state index is 0.223. The van der Waals surface area contributed by atoms with Crippen molar-refractivity contribution in [3.05, 3.63) is 78.4 Å². The average Bonchev–Trinajstić information content (AvgIpc) is 3.02. The van der Waals surface area contributed by atoms with Crippen LogP contribution in [0.2, 0.25) is 0 Å². The van der Waals surface area contributed by atoms with Crippen LogP contribution < -0.4 is 5.32 Å². The summed E-state index contributed by atoms with van der Waals surface area (Å²) in [6.07, 6.45) is 1.61. The molecule has 0 spiro atoms. The number of nitrogens with zero attached hydrogens (tertiary/aromatic N) is 1. The molecule has 1 saturated carbocycles. The van der Waals surface area contributed by atoms with Crippen molar-refractivity contribution in [3.8, 4) is 0 Å². The van der Waals surface area contributed by atoms with Crippen LogP contribution >= 0.6 is 0 Å². The van der Waals surface area contributed by atoms with E-state index in [1.54, 1.807) is 0 Å². The van der Waals surface area contributed by atoms with Crippen LogP contribution in [0.3, 0.4) is 0 Å². The Morgan fingerprint density at radius 1 is 0.971 bits per heavy atom. The largest absolute Gasteiger partial charge is 0.324 e. The summed E-state index contributed by atoms with van der Waals surface area (Å²) in [5.41, 5.74) is 0.484. The van der Waals surface area contributed by atoms with Gasteiger partial charge in [-0.05, 0) is 35.3 Å². The maximum Gasteiger partial charge on any atom is 0.248 e. The highest BCUT2D eigenvalue weighted by Gasteiger charge is 2.65. The van der Waals surface area contributed by atoms with Crippen molar-refractivity contribution in [1.29, 1.82) is 0 Å². The molecule has 2 fully saturated rings. The fourth-order valence-corrected chi connectivity index (χ4v) is 5.83. The number of imide groups is 1. The molecule has 2 bridgehead atoms. The first kappa shape index (κ1) is 22.3. The maximum absolute atomic E-state index is 13.9. The van der Waals surface area contributed by atoms with Gasteiger partial charge in [0.05, 0.1) is 5.41 Å². The second-order valence-electron chi connectivity index (χ2n) is 10.4. The van der Waals surface area contributed by atoms with Gasteiger partial charge in [0, 0.05) is 23.4 Å². The number of carbonyl (C=O) groups excluding carboxylic acids is 3. The number of likely N-dealkylation sites (tertiary alicyclic amines) is 1. The van der Waals surface area contributed by atoms with E-state index in [1.165, 1.54) is 4.90 Å². The van der Waals surface area contributed by atoms with Crippen molar-refractivity contribution in [2.24, 2.45) is 16.7 Å². The number of carbonyl (C=O) groups is 3. The lowest BCUT2D eigenvalue weighted by atomic mass is 9.62. The molecule has 5 heteroatoms. The summed E-state index contributed by atoms with van der Waals surface area (Å²) in [5.74, 6) is -1.06. The van der Waals surface area contributed by atoms with E-state index in [0.29, 0.717) is 18.5 Å². The molecule has 1 heterocycles. The van der Waals surface area contributed by atoms with Gasteiger partial charge in [0.2, 0.25) is 17.7 Å². The average molecular weight is 455 g/mol. The number of benzene rings is 3. The molecule has 2 aliphatic rings. The number of piperidine rings is 1. The third-order valence-electron chi connectivity index (χ3n) is 8.39. The van der Waals surface area contributed by atoms with Gasteiger partial charge in [-0.3, -0.25) is 19.3 Å². The fraction of sp³-hybridized carbons (Fsp3) is 0.345. The Kier molecular flexibility index (Phi) is 5.31. The Bertz CT molecular complexity index is 1280. The zero-order valence-corrected chi connectivity index (χ0v) is 19.9. The van der Waals surface area contributed by atoms with Crippen LogP contribution in [0.15, 0.2) is 72.8 Å². The minimum Gasteiger partial charge on any atom is -0.324 e. The summed E-state index contributed by atoms with van der Waals surface area (Å²) in [6.45, 7) is 5.98. The number of nitrogens with one attached hydrogen (secondary N) is 1. The lowest BCUT2D eigenvalue weighted by molar-refractivity contribution is -0.172. The minimum atomic E-state index is -0.919. The van der Waals surface area contributed by atoms with E-state index in [0.717, 1.165) is 16.3 Å². The van der Waals surface area contributed by atoms with Crippen molar-refractivity contribution in [1.82, 2.24) is 4.90 Å². The predicted octanol–water partition coefficient (Wildman–Crippen LogP) is 5.20. The third kappa shape index (κ3) is 3.33. The molecule has 3 unspecified atom stereocenters. The van der Waals surface area contributed by atoms with E-state index in [2.05, 4.69) is 5.32 Å². The Morgan fingerprint density at radius 2 is 1.65 bits per heavy atom. The number of anilines is 1. The lowest BCUT2D eigenvalue weighted by Crippen LogP contribution is -2.64. The van der Waals surface area contributed by atoms with Crippen LogP contribution in [-0.4, -0.2) is 28.7 Å². The molecule has 34 heavy (non-hydrogen) atoms. The first-order valence-electron chi connectivity index (χ1n) is 11.9. The predicted molar refractivity (Wildman–Crippen MR) is 133 cm³/mol. The summed E-state index contributed by atoms with van der Waals surface area (Å²) >= 11 is 0. The van der Waals surface area contributed by atoms with Crippen molar-refractivity contribution in [2.75, 3.05) is 5.32 Å². The molecule has 1 saturated heterocycles. The van der Waals surface area contributed by atoms with Crippen molar-refractivity contribution in [3.63, 3.8) is 0 Å². The second kappa shape index (κ2) is 8.08. The normalized spacial score (nSPS) is 24.3. The van der Waals surface area contributed by atoms with Gasteiger partial charge in [0.15, 0.2) is 0 Å². The maximum atomic E-state index is 13.9. The zero-order valence-electron chi connectivity index (χ0n) is 19.9. The van der Waals surface area contributed by atoms with Crippen LogP contribution in [-0.2, 0) is 20.8 Å². The molecule has 3 atom stereocenters. The van der Waals surface area contributed by atoms with Gasteiger partial charge in [-0.15, -0.1) is 0 Å². The first-order valence-corrected chi connectivity index (χ1v) is 11.9. The first-order chi connectivity index (χ1) is 16.2. The van der Waals surface area contributed by atoms with Crippen LogP contribution in [0.1, 0.15) is 39.2 Å². The topological polar surface area (TPSA) is 66.5 Å². The van der Waals surface area contributed by atoms with E-state index in [4.69, 9.17) is 0 Å². The van der Waals surface area contributed by atoms with E-state index < -0.39 is 16.9 Å². The number of rotatable bonds is 5. The molecule has 1 N–H and O–H groups in total. The van der Waals surface area contributed by atoms with Crippen LogP contribution in [0.25, 0.3) is 10.8 Å². The van der Waals surface area contributed by atoms with Crippen molar-refractivity contribution < 1.29 is 14.4 Å². The van der Waals surface area contributed by atoms with Gasteiger partial charge in [0.25, 0.3) is 0 Å². The van der Waals surface area contributed by atoms with Gasteiger partial charge in [-0.2, -0.15) is 0 Å². The standard InChI is InChI=1S/C29H30N2O3/c1-28(2)22-16-17-29(28,3)27(34)31(26(22)33)24(18-19-10-5-4-6-11-19)25(32)30-23-15-9-13-20-12-7-8-14-21(20)23/h4-15,22,24H,16-18H2,1-3H3,(H,30,32).